The lowest BCUT2D eigenvalue weighted by atomic mass is 10.4. The molecule has 0 radical (unpaired) electrons. The van der Waals surface area contributed by atoms with Gasteiger partial charge in [-0.05, 0) is 39.9 Å². The Morgan fingerprint density at radius 3 is 2.75 bits per heavy atom. The molecule has 0 fully saturated rings. The molecule has 0 aromatic carbocycles. The largest absolute Gasteiger partial charge is 0.354 e. The van der Waals surface area contributed by atoms with Crippen LogP contribution in [0.4, 0.5) is 0 Å². The van der Waals surface area contributed by atoms with Crippen molar-refractivity contribution < 1.29 is 4.79 Å². The molecule has 1 amide bonds. The van der Waals surface area contributed by atoms with Gasteiger partial charge in [0.1, 0.15) is 6.54 Å². The van der Waals surface area contributed by atoms with E-state index >= 15 is 0 Å². The lowest BCUT2D eigenvalue weighted by Crippen LogP contribution is -2.30. The SMILES string of the molecule is CNCCCNC(=O)Cn1nc(C)cc1C. The van der Waals surface area contributed by atoms with Crippen molar-refractivity contribution in [2.45, 2.75) is 26.8 Å². The van der Waals surface area contributed by atoms with E-state index in [4.69, 9.17) is 0 Å². The van der Waals surface area contributed by atoms with Crippen molar-refractivity contribution in [3.05, 3.63) is 17.5 Å². The summed E-state index contributed by atoms with van der Waals surface area (Å²) in [5.41, 5.74) is 1.96. The number of nitrogens with one attached hydrogen (secondary N) is 2. The van der Waals surface area contributed by atoms with Crippen LogP contribution in [0, 0.1) is 13.8 Å². The molecule has 1 aromatic heterocycles. The third kappa shape index (κ3) is 4.02. The second-order valence-electron chi connectivity index (χ2n) is 3.89. The third-order valence-electron chi connectivity index (χ3n) is 2.32. The molecule has 2 N–H and O–H groups in total. The second kappa shape index (κ2) is 6.27. The van der Waals surface area contributed by atoms with E-state index < -0.39 is 0 Å². The normalized spacial score (nSPS) is 10.4. The molecule has 0 aliphatic rings. The maximum Gasteiger partial charge on any atom is 0.241 e. The van der Waals surface area contributed by atoms with E-state index in [1.54, 1.807) is 4.68 Å². The molecule has 0 atom stereocenters. The predicted octanol–water partition coefficient (Wildman–Crippen LogP) is 0.226. The van der Waals surface area contributed by atoms with Crippen molar-refractivity contribution in [1.82, 2.24) is 20.4 Å². The van der Waals surface area contributed by atoms with E-state index in [1.807, 2.05) is 27.0 Å². The number of hydrogen-bond donors (Lipinski definition) is 2. The van der Waals surface area contributed by atoms with Gasteiger partial charge in [-0.25, -0.2) is 0 Å². The fraction of sp³-hybridized carbons (Fsp3) is 0.636. The molecule has 0 aliphatic heterocycles. The minimum absolute atomic E-state index is 0.0160. The number of rotatable bonds is 6. The van der Waals surface area contributed by atoms with Crippen LogP contribution in [0.3, 0.4) is 0 Å². The average Bonchev–Trinajstić information content (AvgIpc) is 2.52. The molecular formula is C11H20N4O. The fourth-order valence-electron chi connectivity index (χ4n) is 1.52. The molecule has 16 heavy (non-hydrogen) atoms. The number of aryl methyl sites for hydroxylation is 2. The molecule has 0 saturated carbocycles. The summed E-state index contributed by atoms with van der Waals surface area (Å²) in [4.78, 5) is 11.5. The summed E-state index contributed by atoms with van der Waals surface area (Å²) in [7, 11) is 1.90. The highest BCUT2D eigenvalue weighted by Gasteiger charge is 2.05. The van der Waals surface area contributed by atoms with Gasteiger partial charge < -0.3 is 10.6 Å². The number of amides is 1. The fourth-order valence-corrected chi connectivity index (χ4v) is 1.52. The Hall–Kier alpha value is -1.36. The summed E-state index contributed by atoms with van der Waals surface area (Å²) in [5, 5.41) is 10.1. The Balaban J connectivity index is 2.31. The molecule has 5 nitrogen and oxygen atoms in total. The standard InChI is InChI=1S/C11H20N4O/c1-9-7-10(2)15(14-9)8-11(16)13-6-4-5-12-3/h7,12H,4-6,8H2,1-3H3,(H,13,16). The molecule has 0 aliphatic carbocycles. The number of carbonyl (C=O) groups excluding carboxylic acids is 1. The minimum atomic E-state index is 0.0160. The van der Waals surface area contributed by atoms with Gasteiger partial charge in [0.2, 0.25) is 5.91 Å². The number of aromatic nitrogens is 2. The summed E-state index contributed by atoms with van der Waals surface area (Å²) in [5.74, 6) is 0.0160. The lowest BCUT2D eigenvalue weighted by molar-refractivity contribution is -0.121. The van der Waals surface area contributed by atoms with Crippen molar-refractivity contribution in [3.8, 4) is 0 Å². The van der Waals surface area contributed by atoms with Crippen molar-refractivity contribution >= 4 is 5.91 Å². The van der Waals surface area contributed by atoms with Gasteiger partial charge in [-0.2, -0.15) is 5.10 Å². The topological polar surface area (TPSA) is 58.9 Å². The Bertz CT molecular complexity index is 346. The van der Waals surface area contributed by atoms with Crippen molar-refractivity contribution in [3.63, 3.8) is 0 Å². The van der Waals surface area contributed by atoms with Crippen LogP contribution in [0.5, 0.6) is 0 Å². The first-order chi connectivity index (χ1) is 7.63. The van der Waals surface area contributed by atoms with Gasteiger partial charge in [0, 0.05) is 12.2 Å². The third-order valence-corrected chi connectivity index (χ3v) is 2.32. The highest BCUT2D eigenvalue weighted by Crippen LogP contribution is 2.00. The molecule has 0 saturated heterocycles. The van der Waals surface area contributed by atoms with Gasteiger partial charge in [-0.15, -0.1) is 0 Å². The second-order valence-corrected chi connectivity index (χ2v) is 3.89. The first-order valence-corrected chi connectivity index (χ1v) is 5.56. The molecule has 0 unspecified atom stereocenters. The number of nitrogens with zero attached hydrogens (tertiary/aromatic N) is 2. The van der Waals surface area contributed by atoms with E-state index in [2.05, 4.69) is 15.7 Å². The van der Waals surface area contributed by atoms with E-state index in [0.29, 0.717) is 13.1 Å². The molecule has 5 heteroatoms. The van der Waals surface area contributed by atoms with Gasteiger partial charge in [0.25, 0.3) is 0 Å². The predicted molar refractivity (Wildman–Crippen MR) is 63.3 cm³/mol. The zero-order chi connectivity index (χ0) is 12.0. The van der Waals surface area contributed by atoms with Crippen LogP contribution in [-0.2, 0) is 11.3 Å². The zero-order valence-corrected chi connectivity index (χ0v) is 10.2. The minimum Gasteiger partial charge on any atom is -0.354 e. The first-order valence-electron chi connectivity index (χ1n) is 5.56. The summed E-state index contributed by atoms with van der Waals surface area (Å²) in [6.07, 6.45) is 0.944. The molecular weight excluding hydrogens is 204 g/mol. The molecule has 1 rings (SSSR count). The maximum absolute atomic E-state index is 11.5. The number of hydrogen-bond acceptors (Lipinski definition) is 3. The van der Waals surface area contributed by atoms with E-state index in [0.717, 1.165) is 24.4 Å². The van der Waals surface area contributed by atoms with Crippen LogP contribution in [0.1, 0.15) is 17.8 Å². The Morgan fingerprint density at radius 1 is 1.44 bits per heavy atom. The highest BCUT2D eigenvalue weighted by atomic mass is 16.2. The van der Waals surface area contributed by atoms with Crippen LogP contribution in [0.2, 0.25) is 0 Å². The van der Waals surface area contributed by atoms with Crippen LogP contribution >= 0.6 is 0 Å². The molecule has 90 valence electrons. The van der Waals surface area contributed by atoms with Gasteiger partial charge >= 0.3 is 0 Å². The Labute approximate surface area is 96.2 Å². The first kappa shape index (κ1) is 12.7. The molecule has 0 spiro atoms. The van der Waals surface area contributed by atoms with Gasteiger partial charge in [0.15, 0.2) is 0 Å². The number of carbonyl (C=O) groups is 1. The molecule has 0 bridgehead atoms. The van der Waals surface area contributed by atoms with E-state index in [9.17, 15) is 4.79 Å². The van der Waals surface area contributed by atoms with Crippen LogP contribution in [-0.4, -0.2) is 35.8 Å². The summed E-state index contributed by atoms with van der Waals surface area (Å²) >= 11 is 0. The summed E-state index contributed by atoms with van der Waals surface area (Å²) < 4.78 is 1.72. The smallest absolute Gasteiger partial charge is 0.241 e. The Kier molecular flexibility index (Phi) is 4.98. The van der Waals surface area contributed by atoms with Gasteiger partial charge in [-0.1, -0.05) is 0 Å². The van der Waals surface area contributed by atoms with Crippen LogP contribution in [0.15, 0.2) is 6.07 Å². The van der Waals surface area contributed by atoms with Gasteiger partial charge in [-0.3, -0.25) is 9.48 Å². The van der Waals surface area contributed by atoms with Crippen molar-refractivity contribution in [1.29, 1.82) is 0 Å². The highest BCUT2D eigenvalue weighted by molar-refractivity contribution is 5.75. The van der Waals surface area contributed by atoms with Crippen LogP contribution in [0.25, 0.3) is 0 Å². The monoisotopic (exact) mass is 224 g/mol. The van der Waals surface area contributed by atoms with E-state index in [-0.39, 0.29) is 5.91 Å². The lowest BCUT2D eigenvalue weighted by Gasteiger charge is -2.06. The van der Waals surface area contributed by atoms with Crippen molar-refractivity contribution in [2.75, 3.05) is 20.1 Å². The summed E-state index contributed by atoms with van der Waals surface area (Å²) in [6.45, 7) is 5.81. The van der Waals surface area contributed by atoms with Crippen molar-refractivity contribution in [2.24, 2.45) is 0 Å². The molecule has 1 aromatic rings. The average molecular weight is 224 g/mol. The zero-order valence-electron chi connectivity index (χ0n) is 10.2. The van der Waals surface area contributed by atoms with Crippen LogP contribution < -0.4 is 10.6 Å². The molecule has 1 heterocycles. The van der Waals surface area contributed by atoms with Gasteiger partial charge in [0.05, 0.1) is 5.69 Å². The summed E-state index contributed by atoms with van der Waals surface area (Å²) in [6, 6.07) is 1.97. The van der Waals surface area contributed by atoms with E-state index in [1.165, 1.54) is 0 Å². The Morgan fingerprint density at radius 2 is 2.19 bits per heavy atom. The quantitative estimate of drug-likeness (QED) is 0.680. The maximum atomic E-state index is 11.5.